The number of benzene rings is 2. The number of carbonyl (C=O) groups is 1. The van der Waals surface area contributed by atoms with Crippen molar-refractivity contribution >= 4 is 5.91 Å². The van der Waals surface area contributed by atoms with Gasteiger partial charge < -0.3 is 9.64 Å². The Bertz CT molecular complexity index is 923. The van der Waals surface area contributed by atoms with Gasteiger partial charge in [-0.3, -0.25) is 9.69 Å². The zero-order valence-electron chi connectivity index (χ0n) is 17.1. The summed E-state index contributed by atoms with van der Waals surface area (Å²) in [4.78, 5) is 17.6. The van der Waals surface area contributed by atoms with Crippen molar-refractivity contribution < 1.29 is 22.7 Å². The summed E-state index contributed by atoms with van der Waals surface area (Å²) in [7, 11) is 0. The van der Waals surface area contributed by atoms with Gasteiger partial charge in [-0.2, -0.15) is 13.2 Å². The van der Waals surface area contributed by atoms with Crippen LogP contribution in [0.2, 0.25) is 0 Å². The van der Waals surface area contributed by atoms with Crippen LogP contribution in [0.3, 0.4) is 0 Å². The predicted octanol–water partition coefficient (Wildman–Crippen LogP) is 4.69. The summed E-state index contributed by atoms with van der Waals surface area (Å²) in [5.41, 5.74) is 1.09. The van der Waals surface area contributed by atoms with Crippen LogP contribution < -0.4 is 4.74 Å². The number of alkyl halides is 3. The molecular weight excluding hydrogens is 393 g/mol. The normalized spacial score (nSPS) is 21.3. The van der Waals surface area contributed by atoms with Crippen LogP contribution in [0.15, 0.2) is 42.5 Å². The van der Waals surface area contributed by atoms with Gasteiger partial charge >= 0.3 is 6.18 Å². The molecule has 0 unspecified atom stereocenters. The quantitative estimate of drug-likeness (QED) is 0.722. The molecule has 0 aliphatic carbocycles. The summed E-state index contributed by atoms with van der Waals surface area (Å²) < 4.78 is 44.5. The van der Waals surface area contributed by atoms with Crippen molar-refractivity contribution in [1.29, 1.82) is 0 Å². The fourth-order valence-corrected chi connectivity index (χ4v) is 4.50. The Morgan fingerprint density at radius 3 is 2.37 bits per heavy atom. The maximum Gasteiger partial charge on any atom is 0.416 e. The van der Waals surface area contributed by atoms with Crippen LogP contribution in [0.4, 0.5) is 13.2 Å². The first-order chi connectivity index (χ1) is 14.3. The van der Waals surface area contributed by atoms with E-state index in [4.69, 9.17) is 4.74 Å². The third kappa shape index (κ3) is 3.78. The van der Waals surface area contributed by atoms with Crippen molar-refractivity contribution in [1.82, 2.24) is 9.80 Å². The number of rotatable bonds is 4. The van der Waals surface area contributed by atoms with Gasteiger partial charge in [-0.15, -0.1) is 0 Å². The van der Waals surface area contributed by atoms with Crippen molar-refractivity contribution in [2.75, 3.05) is 26.2 Å². The molecule has 1 fully saturated rings. The molecule has 4 rings (SSSR count). The number of likely N-dealkylation sites (N-methyl/N-ethyl adjacent to an activating group) is 1. The highest BCUT2D eigenvalue weighted by atomic mass is 19.4. The molecule has 1 amide bonds. The Kier molecular flexibility index (Phi) is 5.49. The second kappa shape index (κ2) is 7.95. The molecule has 7 heteroatoms. The van der Waals surface area contributed by atoms with E-state index in [0.717, 1.165) is 31.6 Å². The van der Waals surface area contributed by atoms with Crippen LogP contribution >= 0.6 is 0 Å². The zero-order chi connectivity index (χ0) is 21.5. The van der Waals surface area contributed by atoms with E-state index < -0.39 is 11.7 Å². The maximum absolute atomic E-state index is 13.3. The topological polar surface area (TPSA) is 32.8 Å². The van der Waals surface area contributed by atoms with E-state index in [1.807, 2.05) is 4.90 Å². The molecule has 0 N–H and O–H groups in total. The van der Waals surface area contributed by atoms with Crippen molar-refractivity contribution in [3.63, 3.8) is 0 Å². The second-order valence-electron chi connectivity index (χ2n) is 7.82. The number of carbonyl (C=O) groups excluding carboxylic acids is 1. The molecule has 0 saturated carbocycles. The van der Waals surface area contributed by atoms with E-state index in [2.05, 4.69) is 18.7 Å². The summed E-state index contributed by atoms with van der Waals surface area (Å²) in [6.45, 7) is 7.24. The fourth-order valence-electron chi connectivity index (χ4n) is 4.50. The molecule has 1 saturated heterocycles. The number of fused-ring (bicyclic) bond motifs is 2. The molecule has 2 heterocycles. The first kappa shape index (κ1) is 20.7. The van der Waals surface area contributed by atoms with Crippen molar-refractivity contribution in [3.8, 4) is 16.9 Å². The van der Waals surface area contributed by atoms with Gasteiger partial charge in [-0.1, -0.05) is 32.0 Å². The predicted molar refractivity (Wildman–Crippen MR) is 109 cm³/mol. The molecule has 160 valence electrons. The Morgan fingerprint density at radius 1 is 1.07 bits per heavy atom. The molecule has 0 bridgehead atoms. The number of halogens is 3. The van der Waals surface area contributed by atoms with E-state index in [9.17, 15) is 18.0 Å². The van der Waals surface area contributed by atoms with E-state index in [1.54, 1.807) is 18.2 Å². The Labute approximate surface area is 174 Å². The third-order valence-electron chi connectivity index (χ3n) is 6.17. The number of hydrogen-bond acceptors (Lipinski definition) is 3. The van der Waals surface area contributed by atoms with Crippen LogP contribution in [0, 0.1) is 0 Å². The lowest BCUT2D eigenvalue weighted by Gasteiger charge is -2.26. The molecule has 2 aliphatic rings. The molecule has 0 radical (unpaired) electrons. The van der Waals surface area contributed by atoms with Crippen LogP contribution in [-0.4, -0.2) is 54.0 Å². The molecule has 2 atom stereocenters. The largest absolute Gasteiger partial charge is 0.491 e. The van der Waals surface area contributed by atoms with Gasteiger partial charge in [-0.25, -0.2) is 0 Å². The lowest BCUT2D eigenvalue weighted by atomic mass is 10.0. The lowest BCUT2D eigenvalue weighted by molar-refractivity contribution is -0.137. The standard InChI is InChI=1S/C23H25F3N2O2/c1-3-27(4-2)18-12-19-14-30-21-10-7-16(11-20(21)22(29)28(19)13-18)15-5-8-17(9-6-15)23(24,25)26/h5-11,18-19H,3-4,12-14H2,1-2H3/t18-,19-/m1/s1. The van der Waals surface area contributed by atoms with Crippen molar-refractivity contribution in [2.24, 2.45) is 0 Å². The second-order valence-corrected chi connectivity index (χ2v) is 7.82. The van der Waals surface area contributed by atoms with E-state index in [1.165, 1.54) is 12.1 Å². The monoisotopic (exact) mass is 418 g/mol. The third-order valence-corrected chi connectivity index (χ3v) is 6.17. The number of hydrogen-bond donors (Lipinski definition) is 0. The van der Waals surface area contributed by atoms with E-state index in [-0.39, 0.29) is 11.9 Å². The summed E-state index contributed by atoms with van der Waals surface area (Å²) in [6.07, 6.45) is -3.49. The lowest BCUT2D eigenvalue weighted by Crippen LogP contribution is -2.39. The smallest absolute Gasteiger partial charge is 0.416 e. The molecular formula is C23H25F3N2O2. The first-order valence-electron chi connectivity index (χ1n) is 10.3. The highest BCUT2D eigenvalue weighted by Gasteiger charge is 2.40. The number of amides is 1. The fraction of sp³-hybridized carbons (Fsp3) is 0.435. The Hall–Kier alpha value is -2.54. The van der Waals surface area contributed by atoms with Crippen LogP contribution in [0.1, 0.15) is 36.2 Å². The number of nitrogens with zero attached hydrogens (tertiary/aromatic N) is 2. The van der Waals surface area contributed by atoms with E-state index >= 15 is 0 Å². The highest BCUT2D eigenvalue weighted by Crippen LogP contribution is 2.35. The molecule has 2 aromatic carbocycles. The van der Waals surface area contributed by atoms with Gasteiger partial charge in [0, 0.05) is 12.6 Å². The van der Waals surface area contributed by atoms with Gasteiger partial charge in [0.15, 0.2) is 0 Å². The maximum atomic E-state index is 13.3. The van der Waals surface area contributed by atoms with Crippen LogP contribution in [-0.2, 0) is 6.18 Å². The van der Waals surface area contributed by atoms with Gasteiger partial charge in [0.2, 0.25) is 0 Å². The summed E-state index contributed by atoms with van der Waals surface area (Å²) in [5.74, 6) is 0.459. The average molecular weight is 418 g/mol. The van der Waals surface area contributed by atoms with E-state index in [0.29, 0.717) is 41.6 Å². The minimum Gasteiger partial charge on any atom is -0.491 e. The van der Waals surface area contributed by atoms with Gasteiger partial charge in [0.05, 0.1) is 17.2 Å². The molecule has 0 spiro atoms. The van der Waals surface area contributed by atoms with Gasteiger partial charge in [0.25, 0.3) is 5.91 Å². The Morgan fingerprint density at radius 2 is 1.73 bits per heavy atom. The molecule has 0 aromatic heterocycles. The first-order valence-corrected chi connectivity index (χ1v) is 10.3. The van der Waals surface area contributed by atoms with Crippen LogP contribution in [0.5, 0.6) is 5.75 Å². The van der Waals surface area contributed by atoms with Gasteiger partial charge in [-0.05, 0) is 54.9 Å². The molecule has 2 aromatic rings. The average Bonchev–Trinajstić information content (AvgIpc) is 3.11. The molecule has 30 heavy (non-hydrogen) atoms. The van der Waals surface area contributed by atoms with Crippen LogP contribution in [0.25, 0.3) is 11.1 Å². The summed E-state index contributed by atoms with van der Waals surface area (Å²) in [5, 5.41) is 0. The van der Waals surface area contributed by atoms with Gasteiger partial charge in [0.1, 0.15) is 12.4 Å². The SMILES string of the molecule is CCN(CC)[C@@H]1C[C@@H]2COc3ccc(-c4ccc(C(F)(F)F)cc4)cc3C(=O)N2C1. The molecule has 2 aliphatic heterocycles. The Balaban J connectivity index is 1.61. The van der Waals surface area contributed by atoms with Crippen molar-refractivity contribution in [3.05, 3.63) is 53.6 Å². The minimum atomic E-state index is -4.37. The highest BCUT2D eigenvalue weighted by molar-refractivity contribution is 5.99. The summed E-state index contributed by atoms with van der Waals surface area (Å²) in [6, 6.07) is 10.6. The number of ether oxygens (including phenoxy) is 1. The zero-order valence-corrected chi connectivity index (χ0v) is 17.1. The minimum absolute atomic E-state index is 0.0324. The summed E-state index contributed by atoms with van der Waals surface area (Å²) >= 11 is 0. The molecule has 4 nitrogen and oxygen atoms in total. The van der Waals surface area contributed by atoms with Crippen molar-refractivity contribution in [2.45, 2.75) is 38.5 Å².